The van der Waals surface area contributed by atoms with Gasteiger partial charge in [0, 0.05) is 11.3 Å². The van der Waals surface area contributed by atoms with E-state index >= 15 is 0 Å². The van der Waals surface area contributed by atoms with Crippen molar-refractivity contribution in [1.82, 2.24) is 0 Å². The Bertz CT molecular complexity index is 242. The molecule has 10 heavy (non-hydrogen) atoms. The predicted molar refractivity (Wildman–Crippen MR) is 44.2 cm³/mol. The zero-order chi connectivity index (χ0) is 7.56. The molecule has 2 N–H and O–H groups in total. The third-order valence-electron chi connectivity index (χ3n) is 1.16. The van der Waals surface area contributed by atoms with Crippen molar-refractivity contribution in [3.8, 4) is 0 Å². The molecule has 0 aromatic heterocycles. The lowest BCUT2D eigenvalue weighted by Gasteiger charge is -1.93. The van der Waals surface area contributed by atoms with Crippen LogP contribution in [0.4, 0.5) is 5.69 Å². The molecule has 0 saturated heterocycles. The van der Waals surface area contributed by atoms with Gasteiger partial charge in [-0.15, -0.1) is 12.6 Å². The van der Waals surface area contributed by atoms with Crippen LogP contribution in [0.2, 0.25) is 0 Å². The van der Waals surface area contributed by atoms with E-state index in [1.807, 2.05) is 0 Å². The Balaban J connectivity index is 3.00. The molecular formula is C7H7NOS. The molecule has 0 radical (unpaired) electrons. The molecule has 0 amide bonds. The van der Waals surface area contributed by atoms with Crippen LogP contribution in [0.15, 0.2) is 24.3 Å². The highest BCUT2D eigenvalue weighted by molar-refractivity contribution is 7.97. The van der Waals surface area contributed by atoms with Crippen molar-refractivity contribution in [3.05, 3.63) is 29.8 Å². The lowest BCUT2D eigenvalue weighted by atomic mass is 10.2. The highest BCUT2D eigenvalue weighted by Crippen LogP contribution is 2.06. The van der Waals surface area contributed by atoms with Gasteiger partial charge >= 0.3 is 0 Å². The molecule has 0 unspecified atom stereocenters. The van der Waals surface area contributed by atoms with Crippen LogP contribution < -0.4 is 5.73 Å². The Morgan fingerprint density at radius 3 is 2.20 bits per heavy atom. The maximum absolute atomic E-state index is 10.6. The summed E-state index contributed by atoms with van der Waals surface area (Å²) in [6.07, 6.45) is 0. The minimum Gasteiger partial charge on any atom is -0.399 e. The van der Waals surface area contributed by atoms with E-state index in [1.165, 1.54) is 0 Å². The average molecular weight is 153 g/mol. The van der Waals surface area contributed by atoms with Crippen LogP contribution in [0.25, 0.3) is 0 Å². The first-order chi connectivity index (χ1) is 4.70. The average Bonchev–Trinajstić information content (AvgIpc) is 1.88. The lowest BCUT2D eigenvalue weighted by Crippen LogP contribution is -1.89. The number of rotatable bonds is 1. The topological polar surface area (TPSA) is 43.1 Å². The van der Waals surface area contributed by atoms with E-state index in [2.05, 4.69) is 12.6 Å². The molecule has 0 fully saturated rings. The summed E-state index contributed by atoms with van der Waals surface area (Å²) in [7, 11) is 0. The summed E-state index contributed by atoms with van der Waals surface area (Å²) in [5.74, 6) is 0. The van der Waals surface area contributed by atoms with E-state index in [0.717, 1.165) is 0 Å². The van der Waals surface area contributed by atoms with Gasteiger partial charge in [0.25, 0.3) is 0 Å². The van der Waals surface area contributed by atoms with Crippen molar-refractivity contribution in [1.29, 1.82) is 0 Å². The van der Waals surface area contributed by atoms with Crippen LogP contribution in [0.1, 0.15) is 10.4 Å². The lowest BCUT2D eigenvalue weighted by molar-refractivity contribution is 0.109. The summed E-state index contributed by atoms with van der Waals surface area (Å²) in [6, 6.07) is 6.63. The molecule has 1 rings (SSSR count). The number of carbonyl (C=O) groups is 1. The highest BCUT2D eigenvalue weighted by Gasteiger charge is 1.96. The molecule has 1 aromatic rings. The van der Waals surface area contributed by atoms with Gasteiger partial charge in [0.15, 0.2) is 0 Å². The smallest absolute Gasteiger partial charge is 0.216 e. The van der Waals surface area contributed by atoms with Crippen molar-refractivity contribution in [2.24, 2.45) is 0 Å². The van der Waals surface area contributed by atoms with Gasteiger partial charge in [-0.2, -0.15) is 0 Å². The molecule has 2 nitrogen and oxygen atoms in total. The zero-order valence-corrected chi connectivity index (χ0v) is 6.14. The Hall–Kier alpha value is -0.960. The van der Waals surface area contributed by atoms with Crippen LogP contribution in [-0.2, 0) is 0 Å². The quantitative estimate of drug-likeness (QED) is 0.472. The number of hydrogen-bond acceptors (Lipinski definition) is 2. The number of thiol groups is 1. The summed E-state index contributed by atoms with van der Waals surface area (Å²) >= 11 is 3.64. The first kappa shape index (κ1) is 7.15. The Morgan fingerprint density at radius 1 is 1.30 bits per heavy atom. The summed E-state index contributed by atoms with van der Waals surface area (Å²) in [5, 5.41) is -0.236. The largest absolute Gasteiger partial charge is 0.399 e. The Labute approximate surface area is 64.5 Å². The Morgan fingerprint density at radius 2 is 1.80 bits per heavy atom. The van der Waals surface area contributed by atoms with E-state index in [4.69, 9.17) is 5.73 Å². The molecule has 1 aromatic carbocycles. The molecule has 0 aliphatic rings. The summed E-state index contributed by atoms with van der Waals surface area (Å²) < 4.78 is 0. The molecular weight excluding hydrogens is 146 g/mol. The minimum absolute atomic E-state index is 0.236. The number of hydrogen-bond donors (Lipinski definition) is 2. The second kappa shape index (κ2) is 2.75. The van der Waals surface area contributed by atoms with Crippen molar-refractivity contribution in [3.63, 3.8) is 0 Å². The zero-order valence-electron chi connectivity index (χ0n) is 5.24. The maximum Gasteiger partial charge on any atom is 0.216 e. The van der Waals surface area contributed by atoms with Crippen LogP contribution in [0, 0.1) is 0 Å². The molecule has 52 valence electrons. The second-order valence-electron chi connectivity index (χ2n) is 1.93. The van der Waals surface area contributed by atoms with E-state index < -0.39 is 0 Å². The monoisotopic (exact) mass is 153 g/mol. The van der Waals surface area contributed by atoms with Gasteiger partial charge in [-0.05, 0) is 24.3 Å². The third kappa shape index (κ3) is 1.51. The SMILES string of the molecule is Nc1ccc(C(=O)S)cc1. The summed E-state index contributed by atoms with van der Waals surface area (Å²) in [4.78, 5) is 10.6. The molecule has 0 spiro atoms. The Kier molecular flexibility index (Phi) is 1.97. The van der Waals surface area contributed by atoms with E-state index in [-0.39, 0.29) is 5.12 Å². The molecule has 0 aliphatic carbocycles. The molecule has 0 heterocycles. The van der Waals surface area contributed by atoms with Gasteiger partial charge in [-0.25, -0.2) is 0 Å². The maximum atomic E-state index is 10.6. The van der Waals surface area contributed by atoms with Crippen LogP contribution in [0.5, 0.6) is 0 Å². The summed E-state index contributed by atoms with van der Waals surface area (Å²) in [5.41, 5.74) is 6.61. The van der Waals surface area contributed by atoms with Gasteiger partial charge < -0.3 is 5.73 Å². The standard InChI is InChI=1S/C7H7NOS/c8-6-3-1-5(2-4-6)7(9)10/h1-4H,8H2,(H,9,10). The van der Waals surface area contributed by atoms with Crippen LogP contribution in [-0.4, -0.2) is 5.12 Å². The summed E-state index contributed by atoms with van der Waals surface area (Å²) in [6.45, 7) is 0. The van der Waals surface area contributed by atoms with Crippen LogP contribution in [0.3, 0.4) is 0 Å². The number of benzene rings is 1. The first-order valence-electron chi connectivity index (χ1n) is 2.79. The van der Waals surface area contributed by atoms with Gasteiger partial charge in [-0.3, -0.25) is 4.79 Å². The van der Waals surface area contributed by atoms with E-state index in [0.29, 0.717) is 11.3 Å². The van der Waals surface area contributed by atoms with Crippen molar-refractivity contribution >= 4 is 23.4 Å². The van der Waals surface area contributed by atoms with Gasteiger partial charge in [0.1, 0.15) is 0 Å². The van der Waals surface area contributed by atoms with Gasteiger partial charge in [0.2, 0.25) is 5.12 Å². The number of carbonyl (C=O) groups excluding carboxylic acids is 1. The highest BCUT2D eigenvalue weighted by atomic mass is 32.1. The van der Waals surface area contributed by atoms with E-state index in [1.54, 1.807) is 24.3 Å². The normalized spacial score (nSPS) is 9.30. The van der Waals surface area contributed by atoms with Crippen LogP contribution >= 0.6 is 12.6 Å². The van der Waals surface area contributed by atoms with Gasteiger partial charge in [-0.1, -0.05) is 0 Å². The van der Waals surface area contributed by atoms with Crippen molar-refractivity contribution in [2.75, 3.05) is 5.73 Å². The van der Waals surface area contributed by atoms with Crippen molar-refractivity contribution < 1.29 is 4.79 Å². The molecule has 0 aliphatic heterocycles. The first-order valence-corrected chi connectivity index (χ1v) is 3.23. The third-order valence-corrected chi connectivity index (χ3v) is 1.42. The number of nitrogen functional groups attached to an aromatic ring is 1. The number of anilines is 1. The molecule has 0 bridgehead atoms. The predicted octanol–water partition coefficient (Wildman–Crippen LogP) is 1.34. The fourth-order valence-electron chi connectivity index (χ4n) is 0.626. The van der Waals surface area contributed by atoms with Crippen molar-refractivity contribution in [2.45, 2.75) is 0 Å². The molecule has 0 atom stereocenters. The molecule has 3 heteroatoms. The van der Waals surface area contributed by atoms with Gasteiger partial charge in [0.05, 0.1) is 0 Å². The van der Waals surface area contributed by atoms with E-state index in [9.17, 15) is 4.79 Å². The fourth-order valence-corrected chi connectivity index (χ4v) is 0.775. The number of nitrogens with two attached hydrogens (primary N) is 1. The fraction of sp³-hybridized carbons (Fsp3) is 0. The second-order valence-corrected chi connectivity index (χ2v) is 2.33. The molecule has 0 saturated carbocycles. The minimum atomic E-state index is -0.236.